The summed E-state index contributed by atoms with van der Waals surface area (Å²) in [6, 6.07) is 21.1. The van der Waals surface area contributed by atoms with E-state index in [-0.39, 0.29) is 68.5 Å². The number of unbranched alkanes of at least 4 members (excludes halogenated alkanes) is 2. The number of allylic oxidation sites excluding steroid dienone is 6. The van der Waals surface area contributed by atoms with E-state index in [0.29, 0.717) is 42.3 Å². The Balaban J connectivity index is 0.984. The molecule has 0 unspecified atom stereocenters. The lowest BCUT2D eigenvalue weighted by Gasteiger charge is -2.25. The lowest BCUT2D eigenvalue weighted by Crippen LogP contribution is -2.28. The Morgan fingerprint density at radius 2 is 1.62 bits per heavy atom. The molecule has 3 heterocycles. The molecule has 0 saturated carbocycles. The van der Waals surface area contributed by atoms with Crippen LogP contribution < -0.4 is 15.6 Å². The maximum absolute atomic E-state index is 13.4. The van der Waals surface area contributed by atoms with Gasteiger partial charge in [-0.3, -0.25) is 14.1 Å². The zero-order valence-corrected chi connectivity index (χ0v) is 42.7. The fourth-order valence-corrected chi connectivity index (χ4v) is 10.9. The number of carboxylic acids is 2. The summed E-state index contributed by atoms with van der Waals surface area (Å²) in [5.74, 6) is -3.15. The van der Waals surface area contributed by atoms with Crippen molar-refractivity contribution >= 4 is 68.1 Å². The first kappa shape index (κ1) is 52.9. The summed E-state index contributed by atoms with van der Waals surface area (Å²) < 4.78 is 47.5. The molecule has 384 valence electrons. The van der Waals surface area contributed by atoms with Gasteiger partial charge in [0.05, 0.1) is 45.6 Å². The molecule has 0 bridgehead atoms. The Bertz CT molecular complexity index is 3520. The molecule has 0 fully saturated rings. The molecule has 4 aliphatic rings. The molecule has 4 aromatic carbocycles. The smallest absolute Gasteiger partial charge is 0.336 e. The van der Waals surface area contributed by atoms with Gasteiger partial charge in [-0.2, -0.15) is 13.0 Å². The number of amides is 1. The number of nitrogens with one attached hydrogen (secondary N) is 1. The Morgan fingerprint density at radius 3 is 2.34 bits per heavy atom. The third-order valence-corrected chi connectivity index (χ3v) is 15.1. The van der Waals surface area contributed by atoms with Gasteiger partial charge in [-0.05, 0) is 118 Å². The number of phenolic OH excluding ortho intramolecular Hbond substituents is 1. The summed E-state index contributed by atoms with van der Waals surface area (Å²) in [4.78, 5) is 52.9. The number of anilines is 1. The predicted octanol–water partition coefficient (Wildman–Crippen LogP) is 10.4. The normalized spacial score (nSPS) is 15.5. The minimum Gasteiger partial charge on any atom is -0.507 e. The molecular weight excluding hydrogens is 991 g/mol. The Labute approximate surface area is 430 Å². The van der Waals surface area contributed by atoms with Crippen molar-refractivity contribution in [2.24, 2.45) is 0 Å². The zero-order chi connectivity index (χ0) is 53.3. The maximum Gasteiger partial charge on any atom is 0.336 e. The van der Waals surface area contributed by atoms with Gasteiger partial charge in [-0.1, -0.05) is 43.2 Å². The van der Waals surface area contributed by atoms with E-state index in [2.05, 4.69) is 51.0 Å². The van der Waals surface area contributed by atoms with Gasteiger partial charge in [-0.15, -0.1) is 4.33 Å². The van der Waals surface area contributed by atoms with Crippen molar-refractivity contribution in [2.75, 3.05) is 18.0 Å². The van der Waals surface area contributed by atoms with Gasteiger partial charge in [0.15, 0.2) is 11.1 Å². The van der Waals surface area contributed by atoms with Gasteiger partial charge < -0.3 is 30.0 Å². The van der Waals surface area contributed by atoms with E-state index in [0.717, 1.165) is 63.5 Å². The first-order valence-electron chi connectivity index (χ1n) is 23.7. The number of carboxylic acid groups (broad SMARTS) is 2. The molecule has 8 rings (SSSR count). The molecule has 0 saturated heterocycles. The number of hydrogen-bond acceptors (Lipinski definition) is 13. The van der Waals surface area contributed by atoms with Crippen LogP contribution in [0.15, 0.2) is 140 Å². The molecule has 0 radical (unpaired) electrons. The summed E-state index contributed by atoms with van der Waals surface area (Å²) in [5.41, 5.74) is 4.83. The number of benzene rings is 5. The molecular formula is C55H54N3O14S2+. The van der Waals surface area contributed by atoms with Crippen LogP contribution >= 0.6 is 12.0 Å². The van der Waals surface area contributed by atoms with Crippen LogP contribution in [0, 0.1) is 0 Å². The van der Waals surface area contributed by atoms with Crippen LogP contribution in [0.4, 0.5) is 11.4 Å². The number of carbonyl (C=O) groups is 3. The van der Waals surface area contributed by atoms with Crippen molar-refractivity contribution in [3.8, 4) is 28.2 Å². The van der Waals surface area contributed by atoms with Gasteiger partial charge in [0.25, 0.3) is 10.1 Å². The number of aromatic carboxylic acids is 2. The van der Waals surface area contributed by atoms with Crippen LogP contribution in [-0.2, 0) is 41.7 Å². The number of carbonyl (C=O) groups excluding carboxylic acids is 1. The van der Waals surface area contributed by atoms with Crippen LogP contribution in [0.1, 0.15) is 97.7 Å². The third-order valence-electron chi connectivity index (χ3n) is 13.7. The first-order valence-corrected chi connectivity index (χ1v) is 25.8. The SMILES string of the molecule is CCN1C(=CC=CC=CC2=[N+](CCCCCC(=O)NCc3c(O)ccc4c(-c5ccc(C(=O)O)cc5C(=O)O)c5ccc(=O)cc-5oc34)c3ccc(S(=O)(=O)O)cc3C2(C)C)C(C)(C)c2cc(SOOO)ccc21. The Morgan fingerprint density at radius 1 is 0.851 bits per heavy atom. The number of nitrogens with zero attached hydrogens (tertiary/aromatic N) is 2. The van der Waals surface area contributed by atoms with Crippen molar-refractivity contribution in [1.82, 2.24) is 5.32 Å². The second-order valence-electron chi connectivity index (χ2n) is 18.9. The fourth-order valence-electron chi connectivity index (χ4n) is 10.0. The highest BCUT2D eigenvalue weighted by Gasteiger charge is 2.45. The third kappa shape index (κ3) is 10.4. The molecule has 0 spiro atoms. The van der Waals surface area contributed by atoms with E-state index in [1.165, 1.54) is 54.6 Å². The van der Waals surface area contributed by atoms with Crippen LogP contribution in [0.3, 0.4) is 0 Å². The largest absolute Gasteiger partial charge is 0.507 e. The van der Waals surface area contributed by atoms with Crippen molar-refractivity contribution in [1.29, 1.82) is 0 Å². The molecule has 4 aromatic rings. The second kappa shape index (κ2) is 21.2. The number of rotatable bonds is 19. The van der Waals surface area contributed by atoms with Crippen LogP contribution in [0.5, 0.6) is 5.75 Å². The molecule has 74 heavy (non-hydrogen) atoms. The van der Waals surface area contributed by atoms with E-state index in [1.807, 2.05) is 56.4 Å². The number of phenols is 1. The van der Waals surface area contributed by atoms with E-state index < -0.39 is 32.9 Å². The molecule has 19 heteroatoms. The van der Waals surface area contributed by atoms with Crippen molar-refractivity contribution in [3.63, 3.8) is 0 Å². The predicted molar refractivity (Wildman–Crippen MR) is 279 cm³/mol. The van der Waals surface area contributed by atoms with Gasteiger partial charge in [-0.25, -0.2) is 14.8 Å². The second-order valence-corrected chi connectivity index (χ2v) is 21.1. The first-order chi connectivity index (χ1) is 35.2. The zero-order valence-electron chi connectivity index (χ0n) is 41.0. The maximum atomic E-state index is 13.4. The van der Waals surface area contributed by atoms with E-state index in [1.54, 1.807) is 6.07 Å². The van der Waals surface area contributed by atoms with E-state index in [4.69, 9.17) is 9.67 Å². The highest BCUT2D eigenvalue weighted by atomic mass is 32.2. The number of aromatic hydroxyl groups is 1. The van der Waals surface area contributed by atoms with Gasteiger partial charge in [0.1, 0.15) is 23.6 Å². The molecule has 0 aromatic heterocycles. The van der Waals surface area contributed by atoms with Crippen molar-refractivity contribution in [3.05, 3.63) is 159 Å². The molecule has 17 nitrogen and oxygen atoms in total. The van der Waals surface area contributed by atoms with Crippen LogP contribution in [0.25, 0.3) is 33.4 Å². The van der Waals surface area contributed by atoms with Crippen LogP contribution in [0.2, 0.25) is 0 Å². The standard InChI is InChI=1S/C55H53N3O14S2/c1-6-57-43-23-18-34(73-72-71-66)29-41(43)54(2,3)47(57)13-9-7-10-14-48-55(4,5)42-30-35(74(67,68)69)19-24-44(42)58(48)26-12-8-11-15-49(61)56-31-40-45(60)25-22-38-50(37-21-17-33(59)28-46(37)70-51(38)40)36-20-16-32(52(62)63)27-39(36)53(64)65/h7,9-10,13-14,16-25,27-30H,6,8,11-12,15,26,31H2,1-5H3,(H5-,56,59,60,61,62,63,64,65,66,67,68,69)/p+1. The lowest BCUT2D eigenvalue weighted by molar-refractivity contribution is -0.438. The van der Waals surface area contributed by atoms with E-state index in [9.17, 15) is 47.5 Å². The van der Waals surface area contributed by atoms with Crippen LogP contribution in [-0.4, -0.2) is 74.8 Å². The Hall–Kier alpha value is -7.39. The van der Waals surface area contributed by atoms with Gasteiger partial charge >= 0.3 is 11.9 Å². The minimum absolute atomic E-state index is 0.0851. The summed E-state index contributed by atoms with van der Waals surface area (Å²) in [6.45, 7) is 11.4. The average molecular weight is 1050 g/mol. The summed E-state index contributed by atoms with van der Waals surface area (Å²) >= 11 is 0.907. The molecule has 1 aliphatic carbocycles. The number of hydrogen-bond donors (Lipinski definition) is 6. The lowest BCUT2D eigenvalue weighted by atomic mass is 9.81. The van der Waals surface area contributed by atoms with Crippen molar-refractivity contribution < 1.29 is 66.3 Å². The summed E-state index contributed by atoms with van der Waals surface area (Å²) in [7, 11) is -4.48. The average Bonchev–Trinajstić information content (AvgIpc) is 3.71. The van der Waals surface area contributed by atoms with Gasteiger partial charge in [0, 0.05) is 81.4 Å². The molecule has 0 atom stereocenters. The quantitative estimate of drug-likeness (QED) is 0.00645. The fraction of sp³-hybridized carbons (Fsp3) is 0.255. The molecule has 6 N–H and O–H groups in total. The summed E-state index contributed by atoms with van der Waals surface area (Å²) in [6.07, 6.45) is 11.8. The minimum atomic E-state index is -4.48. The highest BCUT2D eigenvalue weighted by Crippen LogP contribution is 2.49. The van der Waals surface area contributed by atoms with E-state index >= 15 is 0 Å². The number of fused-ring (bicyclic) bond motifs is 4. The number of likely N-dealkylation sites (N-methyl/N-ethyl adjacent to an activating group) is 1. The topological polar surface area (TPSA) is 253 Å². The Kier molecular flexibility index (Phi) is 15.2. The highest BCUT2D eigenvalue weighted by molar-refractivity contribution is 7.94. The summed E-state index contributed by atoms with van der Waals surface area (Å²) in [5, 5.41) is 46.5. The monoisotopic (exact) mass is 1040 g/mol. The molecule has 1 amide bonds. The molecule has 3 aliphatic heterocycles. The van der Waals surface area contributed by atoms with Gasteiger partial charge in [0.2, 0.25) is 11.6 Å². The van der Waals surface area contributed by atoms with Crippen molar-refractivity contribution in [2.45, 2.75) is 87.5 Å².